The number of hydrogen-bond acceptors (Lipinski definition) is 5. The Kier molecular flexibility index (Phi) is 11.2. The van der Waals surface area contributed by atoms with Gasteiger partial charge in [0.25, 0.3) is 10.0 Å². The summed E-state index contributed by atoms with van der Waals surface area (Å²) in [5.74, 6) is -0.542. The summed E-state index contributed by atoms with van der Waals surface area (Å²) in [6.07, 6.45) is 0.245. The number of methoxy groups -OCH3 is 1. The molecule has 0 bridgehead atoms. The Morgan fingerprint density at radius 3 is 2.04 bits per heavy atom. The summed E-state index contributed by atoms with van der Waals surface area (Å²) in [4.78, 5) is 30.0. The van der Waals surface area contributed by atoms with Gasteiger partial charge in [-0.1, -0.05) is 83.9 Å². The Labute approximate surface area is 273 Å². The van der Waals surface area contributed by atoms with Crippen LogP contribution in [0.5, 0.6) is 5.75 Å². The Balaban J connectivity index is 1.86. The highest BCUT2D eigenvalue weighted by Gasteiger charge is 2.35. The van der Waals surface area contributed by atoms with E-state index in [1.807, 2.05) is 95.3 Å². The lowest BCUT2D eigenvalue weighted by Crippen LogP contribution is -2.54. The predicted octanol–water partition coefficient (Wildman–Crippen LogP) is 5.98. The monoisotopic (exact) mass is 641 g/mol. The molecule has 0 spiro atoms. The third-order valence-corrected chi connectivity index (χ3v) is 9.40. The first kappa shape index (κ1) is 34.2. The summed E-state index contributed by atoms with van der Waals surface area (Å²) in [6.45, 7) is 8.96. The van der Waals surface area contributed by atoms with E-state index in [9.17, 15) is 18.0 Å². The number of nitrogens with zero attached hydrogens (tertiary/aromatic N) is 2. The molecule has 0 heterocycles. The SMILES string of the molecule is COc1ccc(C)cc1N(CC(=O)N(Cc1cccc(C)c1)[C@H](Cc1ccccc1)C(=O)NC(C)C)S(=O)(=O)c1ccc(C)cc1. The van der Waals surface area contributed by atoms with Gasteiger partial charge in [-0.3, -0.25) is 13.9 Å². The molecular weight excluding hydrogens is 598 g/mol. The fourth-order valence-corrected chi connectivity index (χ4v) is 6.70. The van der Waals surface area contributed by atoms with Crippen LogP contribution in [0.25, 0.3) is 0 Å². The molecule has 0 aliphatic carbocycles. The van der Waals surface area contributed by atoms with Crippen molar-refractivity contribution in [1.82, 2.24) is 10.2 Å². The maximum atomic E-state index is 14.7. The summed E-state index contributed by atoms with van der Waals surface area (Å²) in [7, 11) is -2.79. The lowest BCUT2D eigenvalue weighted by molar-refractivity contribution is -0.140. The average Bonchev–Trinajstić information content (AvgIpc) is 3.01. The number of ether oxygens (including phenoxy) is 1. The van der Waals surface area contributed by atoms with Crippen molar-refractivity contribution in [3.63, 3.8) is 0 Å². The van der Waals surface area contributed by atoms with Crippen molar-refractivity contribution in [2.24, 2.45) is 0 Å². The molecule has 0 radical (unpaired) electrons. The van der Waals surface area contributed by atoms with Crippen LogP contribution in [0, 0.1) is 20.8 Å². The van der Waals surface area contributed by atoms with Crippen molar-refractivity contribution in [2.45, 2.75) is 64.6 Å². The Bertz CT molecular complexity index is 1760. The molecule has 4 aromatic carbocycles. The van der Waals surface area contributed by atoms with E-state index in [0.29, 0.717) is 5.75 Å². The van der Waals surface area contributed by atoms with Crippen LogP contribution >= 0.6 is 0 Å². The summed E-state index contributed by atoms with van der Waals surface area (Å²) in [5, 5.41) is 2.98. The van der Waals surface area contributed by atoms with Gasteiger partial charge in [-0.15, -0.1) is 0 Å². The van der Waals surface area contributed by atoms with E-state index in [-0.39, 0.29) is 35.5 Å². The standard InChI is InChI=1S/C37H43N3O5S/c1-26(2)38-37(42)34(23-30-12-8-7-9-13-30)39(24-31-14-10-11-28(4)21-31)36(41)25-40(33-22-29(5)17-20-35(33)45-6)46(43,44)32-18-15-27(3)16-19-32/h7-22,26,34H,23-25H2,1-6H3,(H,38,42)/t34-/m1/s1. The van der Waals surface area contributed by atoms with Crippen LogP contribution in [0.1, 0.15) is 41.7 Å². The molecule has 1 atom stereocenters. The van der Waals surface area contributed by atoms with Crippen molar-refractivity contribution >= 4 is 27.5 Å². The van der Waals surface area contributed by atoms with Gasteiger partial charge in [0.05, 0.1) is 17.7 Å². The van der Waals surface area contributed by atoms with Gasteiger partial charge in [0.1, 0.15) is 18.3 Å². The number of anilines is 1. The van der Waals surface area contributed by atoms with Crippen LogP contribution < -0.4 is 14.4 Å². The number of carbonyl (C=O) groups excluding carboxylic acids is 2. The molecule has 9 heteroatoms. The zero-order valence-electron chi connectivity index (χ0n) is 27.4. The van der Waals surface area contributed by atoms with E-state index in [2.05, 4.69) is 5.32 Å². The molecule has 0 aliphatic heterocycles. The summed E-state index contributed by atoms with van der Waals surface area (Å²) in [6, 6.07) is 27.8. The minimum Gasteiger partial charge on any atom is -0.495 e. The topological polar surface area (TPSA) is 96.0 Å². The molecule has 242 valence electrons. The molecule has 2 amide bonds. The smallest absolute Gasteiger partial charge is 0.264 e. The fourth-order valence-electron chi connectivity index (χ4n) is 5.29. The molecule has 0 saturated carbocycles. The van der Waals surface area contributed by atoms with E-state index in [1.54, 1.807) is 24.3 Å². The Morgan fingerprint density at radius 1 is 0.783 bits per heavy atom. The van der Waals surface area contributed by atoms with Crippen LogP contribution in [0.3, 0.4) is 0 Å². The second kappa shape index (κ2) is 15.1. The first-order valence-corrected chi connectivity index (χ1v) is 16.8. The van der Waals surface area contributed by atoms with E-state index < -0.39 is 28.5 Å². The molecule has 0 unspecified atom stereocenters. The van der Waals surface area contributed by atoms with E-state index >= 15 is 0 Å². The van der Waals surface area contributed by atoms with Crippen molar-refractivity contribution in [3.8, 4) is 5.75 Å². The lowest BCUT2D eigenvalue weighted by Gasteiger charge is -2.34. The molecule has 8 nitrogen and oxygen atoms in total. The highest BCUT2D eigenvalue weighted by Crippen LogP contribution is 2.34. The molecule has 4 aromatic rings. The lowest BCUT2D eigenvalue weighted by atomic mass is 10.0. The number of amides is 2. The molecule has 1 N–H and O–H groups in total. The van der Waals surface area contributed by atoms with Crippen LogP contribution in [0.15, 0.2) is 102 Å². The van der Waals surface area contributed by atoms with Gasteiger partial charge in [0, 0.05) is 19.0 Å². The molecule has 4 rings (SSSR count). The van der Waals surface area contributed by atoms with Crippen LogP contribution in [-0.4, -0.2) is 50.9 Å². The maximum Gasteiger partial charge on any atom is 0.264 e. The molecular formula is C37H43N3O5S. The van der Waals surface area contributed by atoms with Gasteiger partial charge >= 0.3 is 0 Å². The molecule has 0 aliphatic rings. The number of sulfonamides is 1. The van der Waals surface area contributed by atoms with Gasteiger partial charge in [-0.2, -0.15) is 0 Å². The predicted molar refractivity (Wildman–Crippen MR) is 182 cm³/mol. The van der Waals surface area contributed by atoms with Crippen molar-refractivity contribution in [1.29, 1.82) is 0 Å². The average molecular weight is 642 g/mol. The number of carbonyl (C=O) groups is 2. The highest BCUT2D eigenvalue weighted by atomic mass is 32.2. The van der Waals surface area contributed by atoms with E-state index in [4.69, 9.17) is 4.74 Å². The minimum absolute atomic E-state index is 0.0399. The van der Waals surface area contributed by atoms with Crippen molar-refractivity contribution < 1.29 is 22.7 Å². The summed E-state index contributed by atoms with van der Waals surface area (Å²) in [5.41, 5.74) is 4.63. The van der Waals surface area contributed by atoms with Crippen molar-refractivity contribution in [3.05, 3.63) is 125 Å². The quantitative estimate of drug-likeness (QED) is 0.194. The largest absolute Gasteiger partial charge is 0.495 e. The number of hydrogen-bond donors (Lipinski definition) is 1. The number of benzene rings is 4. The number of nitrogens with one attached hydrogen (secondary N) is 1. The summed E-state index contributed by atoms with van der Waals surface area (Å²) < 4.78 is 35.4. The van der Waals surface area contributed by atoms with Gasteiger partial charge in [-0.25, -0.2) is 8.42 Å². The van der Waals surface area contributed by atoms with Gasteiger partial charge in [-0.05, 0) is 75.6 Å². The molecule has 0 fully saturated rings. The van der Waals surface area contributed by atoms with Gasteiger partial charge < -0.3 is 15.0 Å². The minimum atomic E-state index is -4.25. The fraction of sp³-hybridized carbons (Fsp3) is 0.297. The van der Waals surface area contributed by atoms with Crippen LogP contribution in [0.2, 0.25) is 0 Å². The normalized spacial score (nSPS) is 12.0. The second-order valence-corrected chi connectivity index (χ2v) is 13.7. The first-order valence-electron chi connectivity index (χ1n) is 15.3. The maximum absolute atomic E-state index is 14.7. The number of aryl methyl sites for hydroxylation is 3. The Morgan fingerprint density at radius 2 is 1.41 bits per heavy atom. The third-order valence-electron chi connectivity index (χ3n) is 7.63. The summed E-state index contributed by atoms with van der Waals surface area (Å²) >= 11 is 0. The third kappa shape index (κ3) is 8.54. The van der Waals surface area contributed by atoms with E-state index in [0.717, 1.165) is 32.1 Å². The zero-order chi connectivity index (χ0) is 33.4. The van der Waals surface area contributed by atoms with Crippen LogP contribution in [0.4, 0.5) is 5.69 Å². The molecule has 0 saturated heterocycles. The van der Waals surface area contributed by atoms with Gasteiger partial charge in [0.15, 0.2) is 0 Å². The van der Waals surface area contributed by atoms with Crippen LogP contribution in [-0.2, 0) is 32.6 Å². The van der Waals surface area contributed by atoms with Gasteiger partial charge in [0.2, 0.25) is 11.8 Å². The van der Waals surface area contributed by atoms with Crippen molar-refractivity contribution in [2.75, 3.05) is 18.0 Å². The second-order valence-electron chi connectivity index (χ2n) is 11.9. The first-order chi connectivity index (χ1) is 21.9. The number of rotatable bonds is 13. The van der Waals surface area contributed by atoms with E-state index in [1.165, 1.54) is 24.1 Å². The zero-order valence-corrected chi connectivity index (χ0v) is 28.2. The Hall–Kier alpha value is -4.63. The molecule has 0 aromatic heterocycles. The molecule has 46 heavy (non-hydrogen) atoms. The highest BCUT2D eigenvalue weighted by molar-refractivity contribution is 7.92.